The molecule has 1 aromatic heterocycles. The van der Waals surface area contributed by atoms with E-state index >= 15 is 0 Å². The van der Waals surface area contributed by atoms with Crippen LogP contribution in [0.25, 0.3) is 0 Å². The van der Waals surface area contributed by atoms with Gasteiger partial charge in [-0.05, 0) is 18.8 Å². The lowest BCUT2D eigenvalue weighted by Gasteiger charge is -2.27. The van der Waals surface area contributed by atoms with Gasteiger partial charge in [0.2, 0.25) is 0 Å². The molecule has 0 aliphatic heterocycles. The van der Waals surface area contributed by atoms with Crippen molar-refractivity contribution < 1.29 is 5.11 Å². The van der Waals surface area contributed by atoms with Gasteiger partial charge in [0.25, 0.3) is 0 Å². The average Bonchev–Trinajstić information content (AvgIpc) is 2.75. The van der Waals surface area contributed by atoms with Crippen LogP contribution in [0.5, 0.6) is 0 Å². The van der Waals surface area contributed by atoms with E-state index in [1.165, 1.54) is 0 Å². The molecule has 2 N–H and O–H groups in total. The van der Waals surface area contributed by atoms with Gasteiger partial charge in [-0.25, -0.2) is 4.98 Å². The first-order valence-corrected chi connectivity index (χ1v) is 5.94. The summed E-state index contributed by atoms with van der Waals surface area (Å²) in [6.07, 6.45) is 4.95. The van der Waals surface area contributed by atoms with E-state index in [4.69, 9.17) is 0 Å². The van der Waals surface area contributed by atoms with Crippen molar-refractivity contribution in [1.82, 2.24) is 4.98 Å². The molecule has 1 heterocycles. The lowest BCUT2D eigenvalue weighted by Crippen LogP contribution is -2.39. The minimum absolute atomic E-state index is 0.398. The number of hydrogen-bond donors (Lipinski definition) is 2. The average molecular weight is 212 g/mol. The maximum atomic E-state index is 10.3. The van der Waals surface area contributed by atoms with Crippen LogP contribution in [0, 0.1) is 5.92 Å². The Hall–Kier alpha value is -0.610. The van der Waals surface area contributed by atoms with Crippen LogP contribution in [0.1, 0.15) is 26.2 Å². The summed E-state index contributed by atoms with van der Waals surface area (Å²) in [7, 11) is 0. The molecule has 0 saturated heterocycles. The summed E-state index contributed by atoms with van der Waals surface area (Å²) in [4.78, 5) is 4.13. The lowest BCUT2D eigenvalue weighted by atomic mass is 9.93. The third-order valence-corrected chi connectivity index (χ3v) is 3.87. The second-order valence-corrected chi connectivity index (χ2v) is 4.98. The molecule has 3 nitrogen and oxygen atoms in total. The molecule has 4 heteroatoms. The number of anilines is 1. The second-order valence-electron chi connectivity index (χ2n) is 4.09. The third kappa shape index (κ3) is 1.91. The molecule has 1 aromatic rings. The Kier molecular flexibility index (Phi) is 2.74. The molecular weight excluding hydrogens is 196 g/mol. The van der Waals surface area contributed by atoms with E-state index in [1.54, 1.807) is 17.5 Å². The first-order chi connectivity index (χ1) is 6.71. The molecule has 2 rings (SSSR count). The maximum Gasteiger partial charge on any atom is 0.182 e. The number of nitrogens with one attached hydrogen (secondary N) is 1. The van der Waals surface area contributed by atoms with E-state index in [2.05, 4.69) is 17.2 Å². The van der Waals surface area contributed by atoms with Crippen molar-refractivity contribution in [2.75, 3.05) is 11.9 Å². The van der Waals surface area contributed by atoms with E-state index in [0.717, 1.165) is 24.4 Å². The van der Waals surface area contributed by atoms with Gasteiger partial charge in [-0.2, -0.15) is 0 Å². The topological polar surface area (TPSA) is 45.1 Å². The molecular formula is C10H16N2OS. The molecule has 1 aliphatic carbocycles. The quantitative estimate of drug-likeness (QED) is 0.806. The van der Waals surface area contributed by atoms with Crippen molar-refractivity contribution >= 4 is 16.5 Å². The SMILES string of the molecule is CC1CCCC1(O)CNc1nccs1. The zero-order valence-electron chi connectivity index (χ0n) is 8.36. The third-order valence-electron chi connectivity index (χ3n) is 3.14. The predicted octanol–water partition coefficient (Wildman–Crippen LogP) is 2.11. The van der Waals surface area contributed by atoms with Gasteiger partial charge in [0.1, 0.15) is 0 Å². The number of hydrogen-bond acceptors (Lipinski definition) is 4. The Balaban J connectivity index is 1.91. The number of aromatic nitrogens is 1. The van der Waals surface area contributed by atoms with Crippen LogP contribution in [-0.4, -0.2) is 22.2 Å². The molecule has 78 valence electrons. The smallest absolute Gasteiger partial charge is 0.182 e. The first kappa shape index (κ1) is 9.93. The Bertz CT molecular complexity index is 288. The zero-order valence-corrected chi connectivity index (χ0v) is 9.18. The summed E-state index contributed by atoms with van der Waals surface area (Å²) in [5, 5.41) is 16.3. The van der Waals surface area contributed by atoms with Crippen LogP contribution >= 0.6 is 11.3 Å². The highest BCUT2D eigenvalue weighted by Crippen LogP contribution is 2.35. The molecule has 2 atom stereocenters. The fourth-order valence-corrected chi connectivity index (χ4v) is 2.56. The molecule has 2 unspecified atom stereocenters. The number of nitrogens with zero attached hydrogens (tertiary/aromatic N) is 1. The Morgan fingerprint density at radius 1 is 1.79 bits per heavy atom. The van der Waals surface area contributed by atoms with Gasteiger partial charge in [-0.1, -0.05) is 13.3 Å². The molecule has 0 aromatic carbocycles. The highest BCUT2D eigenvalue weighted by molar-refractivity contribution is 7.13. The van der Waals surface area contributed by atoms with Crippen LogP contribution in [0.15, 0.2) is 11.6 Å². The van der Waals surface area contributed by atoms with Crippen LogP contribution in [0.2, 0.25) is 0 Å². The van der Waals surface area contributed by atoms with Crippen LogP contribution in [-0.2, 0) is 0 Å². The van der Waals surface area contributed by atoms with Crippen LogP contribution in [0.3, 0.4) is 0 Å². The normalized spacial score (nSPS) is 32.0. The molecule has 1 fully saturated rings. The van der Waals surface area contributed by atoms with E-state index in [-0.39, 0.29) is 0 Å². The van der Waals surface area contributed by atoms with E-state index < -0.39 is 5.60 Å². The van der Waals surface area contributed by atoms with Crippen molar-refractivity contribution in [1.29, 1.82) is 0 Å². The first-order valence-electron chi connectivity index (χ1n) is 5.06. The van der Waals surface area contributed by atoms with E-state index in [1.807, 2.05) is 5.38 Å². The fourth-order valence-electron chi connectivity index (χ4n) is 2.03. The minimum atomic E-state index is -0.522. The standard InChI is InChI=1S/C10H16N2OS/c1-8-3-2-4-10(8,13)7-12-9-11-5-6-14-9/h5-6,8,13H,2-4,7H2,1H3,(H,11,12). The second kappa shape index (κ2) is 3.87. The van der Waals surface area contributed by atoms with E-state index in [9.17, 15) is 5.11 Å². The summed E-state index contributed by atoms with van der Waals surface area (Å²) in [5.41, 5.74) is -0.522. The molecule has 1 saturated carbocycles. The van der Waals surface area contributed by atoms with Gasteiger partial charge in [0.15, 0.2) is 5.13 Å². The molecule has 1 aliphatic rings. The van der Waals surface area contributed by atoms with Gasteiger partial charge in [0.05, 0.1) is 5.60 Å². The summed E-state index contributed by atoms with van der Waals surface area (Å²) in [6.45, 7) is 2.75. The number of rotatable bonds is 3. The van der Waals surface area contributed by atoms with Gasteiger partial charge < -0.3 is 10.4 Å². The van der Waals surface area contributed by atoms with E-state index in [0.29, 0.717) is 12.5 Å². The summed E-state index contributed by atoms with van der Waals surface area (Å²) in [6, 6.07) is 0. The minimum Gasteiger partial charge on any atom is -0.388 e. The largest absolute Gasteiger partial charge is 0.388 e. The van der Waals surface area contributed by atoms with Crippen molar-refractivity contribution in [3.05, 3.63) is 11.6 Å². The fraction of sp³-hybridized carbons (Fsp3) is 0.700. The maximum absolute atomic E-state index is 10.3. The van der Waals surface area contributed by atoms with Gasteiger partial charge in [0, 0.05) is 18.1 Å². The summed E-state index contributed by atoms with van der Waals surface area (Å²) in [5.74, 6) is 0.398. The lowest BCUT2D eigenvalue weighted by molar-refractivity contribution is 0.0223. The van der Waals surface area contributed by atoms with Gasteiger partial charge in [-0.15, -0.1) is 11.3 Å². The summed E-state index contributed by atoms with van der Waals surface area (Å²) < 4.78 is 0. The van der Waals surface area contributed by atoms with Crippen molar-refractivity contribution in [2.45, 2.75) is 31.8 Å². The predicted molar refractivity (Wildman–Crippen MR) is 58.6 cm³/mol. The molecule has 0 spiro atoms. The zero-order chi connectivity index (χ0) is 10.0. The van der Waals surface area contributed by atoms with Crippen molar-refractivity contribution in [3.8, 4) is 0 Å². The Morgan fingerprint density at radius 3 is 3.21 bits per heavy atom. The Labute approximate surface area is 88.2 Å². The molecule has 14 heavy (non-hydrogen) atoms. The monoisotopic (exact) mass is 212 g/mol. The highest BCUT2D eigenvalue weighted by atomic mass is 32.1. The van der Waals surface area contributed by atoms with Crippen molar-refractivity contribution in [2.24, 2.45) is 5.92 Å². The Morgan fingerprint density at radius 2 is 2.64 bits per heavy atom. The molecule has 0 amide bonds. The molecule has 0 radical (unpaired) electrons. The number of aliphatic hydroxyl groups is 1. The van der Waals surface area contributed by atoms with Gasteiger partial charge >= 0.3 is 0 Å². The van der Waals surface area contributed by atoms with Gasteiger partial charge in [-0.3, -0.25) is 0 Å². The van der Waals surface area contributed by atoms with Crippen molar-refractivity contribution in [3.63, 3.8) is 0 Å². The summed E-state index contributed by atoms with van der Waals surface area (Å²) >= 11 is 1.57. The number of thiazole rings is 1. The van der Waals surface area contributed by atoms with Crippen LogP contribution in [0.4, 0.5) is 5.13 Å². The highest BCUT2D eigenvalue weighted by Gasteiger charge is 2.37. The molecule has 0 bridgehead atoms. The van der Waals surface area contributed by atoms with Crippen LogP contribution < -0.4 is 5.32 Å².